The molecule has 0 fully saturated rings. The van der Waals surface area contributed by atoms with Crippen molar-refractivity contribution in [3.8, 4) is 11.8 Å². The lowest BCUT2D eigenvalue weighted by atomic mass is 10.2. The van der Waals surface area contributed by atoms with E-state index in [4.69, 9.17) is 14.7 Å². The Hall–Kier alpha value is -1.83. The van der Waals surface area contributed by atoms with Crippen molar-refractivity contribution in [1.82, 2.24) is 5.32 Å². The molecule has 0 aliphatic rings. The second-order valence-corrected chi connectivity index (χ2v) is 3.96. The van der Waals surface area contributed by atoms with Gasteiger partial charge < -0.3 is 14.8 Å². The zero-order chi connectivity index (χ0) is 13.8. The van der Waals surface area contributed by atoms with Crippen LogP contribution in [0.5, 0.6) is 5.75 Å². The Morgan fingerprint density at radius 3 is 3.05 bits per heavy atom. The Labute approximate surface area is 114 Å². The fourth-order valence-electron chi connectivity index (χ4n) is 1.51. The first-order chi connectivity index (χ1) is 9.36. The summed E-state index contributed by atoms with van der Waals surface area (Å²) in [5.41, 5.74) is 1.13. The number of nitrogens with zero attached hydrogens (tertiary/aromatic N) is 1. The van der Waals surface area contributed by atoms with Crippen molar-refractivity contribution in [2.75, 3.05) is 26.4 Å². The van der Waals surface area contributed by atoms with Crippen LogP contribution in [-0.4, -0.2) is 26.4 Å². The van der Waals surface area contributed by atoms with Crippen LogP contribution in [-0.2, 0) is 11.3 Å². The fourth-order valence-corrected chi connectivity index (χ4v) is 1.51. The molecule has 4 heteroatoms. The van der Waals surface area contributed by atoms with E-state index >= 15 is 0 Å². The van der Waals surface area contributed by atoms with E-state index in [-0.39, 0.29) is 6.61 Å². The molecular weight excluding hydrogens is 240 g/mol. The van der Waals surface area contributed by atoms with Gasteiger partial charge in [0.25, 0.3) is 0 Å². The number of hydrogen-bond donors (Lipinski definition) is 1. The lowest BCUT2D eigenvalue weighted by Crippen LogP contribution is -2.19. The third-order valence-corrected chi connectivity index (χ3v) is 2.42. The summed E-state index contributed by atoms with van der Waals surface area (Å²) >= 11 is 0. The molecule has 0 bridgehead atoms. The Kier molecular flexibility index (Phi) is 8.12. The molecule has 0 spiro atoms. The minimum absolute atomic E-state index is 0.0774. The average Bonchev–Trinajstić information content (AvgIpc) is 2.44. The van der Waals surface area contributed by atoms with Crippen molar-refractivity contribution in [2.45, 2.75) is 13.0 Å². The molecule has 102 valence electrons. The predicted molar refractivity (Wildman–Crippen MR) is 74.9 cm³/mol. The highest BCUT2D eigenvalue weighted by Crippen LogP contribution is 2.12. The number of rotatable bonds is 10. The number of benzene rings is 1. The van der Waals surface area contributed by atoms with Crippen LogP contribution in [0.4, 0.5) is 0 Å². The van der Waals surface area contributed by atoms with Crippen LogP contribution in [0.15, 0.2) is 36.9 Å². The Morgan fingerprint density at radius 2 is 2.26 bits per heavy atom. The Morgan fingerprint density at radius 1 is 1.37 bits per heavy atom. The number of hydrogen-bond acceptors (Lipinski definition) is 4. The first kappa shape index (κ1) is 15.2. The van der Waals surface area contributed by atoms with Crippen molar-refractivity contribution in [1.29, 1.82) is 5.26 Å². The van der Waals surface area contributed by atoms with Gasteiger partial charge in [-0.1, -0.05) is 18.2 Å². The molecule has 0 aromatic heterocycles. The third kappa shape index (κ3) is 7.24. The summed E-state index contributed by atoms with van der Waals surface area (Å²) in [4.78, 5) is 0. The number of ether oxygens (including phenoxy) is 2. The van der Waals surface area contributed by atoms with E-state index in [1.807, 2.05) is 36.4 Å². The maximum Gasteiger partial charge on any atom is 0.174 e. The van der Waals surface area contributed by atoms with Gasteiger partial charge in [-0.05, 0) is 24.1 Å². The van der Waals surface area contributed by atoms with E-state index in [2.05, 4.69) is 11.9 Å². The van der Waals surface area contributed by atoms with Crippen LogP contribution < -0.4 is 10.1 Å². The standard InChI is InChI=1S/C15H20N2O2/c1-2-3-9-18-11-8-17-13-14-5-4-6-15(12-14)19-10-7-16/h2,4-6,12,17H,1,3,8-11,13H2. The highest BCUT2D eigenvalue weighted by molar-refractivity contribution is 5.28. The van der Waals surface area contributed by atoms with Crippen molar-refractivity contribution in [3.63, 3.8) is 0 Å². The summed E-state index contributed by atoms with van der Waals surface area (Å²) in [5, 5.41) is 11.7. The fraction of sp³-hybridized carbons (Fsp3) is 0.400. The zero-order valence-corrected chi connectivity index (χ0v) is 11.1. The van der Waals surface area contributed by atoms with Gasteiger partial charge in [0.2, 0.25) is 0 Å². The number of nitriles is 1. The van der Waals surface area contributed by atoms with Crippen molar-refractivity contribution >= 4 is 0 Å². The Balaban J connectivity index is 2.18. The summed E-state index contributed by atoms with van der Waals surface area (Å²) < 4.78 is 10.6. The van der Waals surface area contributed by atoms with Crippen molar-refractivity contribution < 1.29 is 9.47 Å². The van der Waals surface area contributed by atoms with E-state index in [9.17, 15) is 0 Å². The van der Waals surface area contributed by atoms with Crippen LogP contribution in [0.3, 0.4) is 0 Å². The minimum Gasteiger partial charge on any atom is -0.479 e. The molecule has 0 amide bonds. The molecule has 0 aliphatic heterocycles. The van der Waals surface area contributed by atoms with Gasteiger partial charge in [0, 0.05) is 13.1 Å². The monoisotopic (exact) mass is 260 g/mol. The van der Waals surface area contributed by atoms with Crippen LogP contribution in [0.25, 0.3) is 0 Å². The van der Waals surface area contributed by atoms with Gasteiger partial charge in [0.05, 0.1) is 13.2 Å². The summed E-state index contributed by atoms with van der Waals surface area (Å²) in [7, 11) is 0. The number of nitrogens with one attached hydrogen (secondary N) is 1. The van der Waals surface area contributed by atoms with E-state index in [0.717, 1.165) is 37.4 Å². The molecular formula is C15H20N2O2. The average molecular weight is 260 g/mol. The lowest BCUT2D eigenvalue weighted by Gasteiger charge is -2.07. The smallest absolute Gasteiger partial charge is 0.174 e. The van der Waals surface area contributed by atoms with Crippen LogP contribution >= 0.6 is 0 Å². The lowest BCUT2D eigenvalue weighted by molar-refractivity contribution is 0.140. The first-order valence-corrected chi connectivity index (χ1v) is 6.35. The molecule has 19 heavy (non-hydrogen) atoms. The van der Waals surface area contributed by atoms with Crippen molar-refractivity contribution in [2.24, 2.45) is 0 Å². The minimum atomic E-state index is 0.0774. The van der Waals surface area contributed by atoms with Gasteiger partial charge in [-0.2, -0.15) is 5.26 Å². The summed E-state index contributed by atoms with van der Waals surface area (Å²) in [6.07, 6.45) is 2.73. The van der Waals surface area contributed by atoms with Gasteiger partial charge in [-0.15, -0.1) is 6.58 Å². The molecule has 0 unspecified atom stereocenters. The maximum atomic E-state index is 8.45. The second kappa shape index (κ2) is 10.1. The highest BCUT2D eigenvalue weighted by atomic mass is 16.5. The van der Waals surface area contributed by atoms with Gasteiger partial charge in [0.15, 0.2) is 6.61 Å². The summed E-state index contributed by atoms with van der Waals surface area (Å²) in [6.45, 7) is 6.70. The highest BCUT2D eigenvalue weighted by Gasteiger charge is 1.96. The topological polar surface area (TPSA) is 54.3 Å². The maximum absolute atomic E-state index is 8.45. The SMILES string of the molecule is C=CCCOCCNCc1cccc(OCC#N)c1. The van der Waals surface area contributed by atoms with Gasteiger partial charge >= 0.3 is 0 Å². The largest absolute Gasteiger partial charge is 0.479 e. The molecule has 0 atom stereocenters. The molecule has 0 heterocycles. The van der Waals surface area contributed by atoms with Crippen molar-refractivity contribution in [3.05, 3.63) is 42.5 Å². The summed E-state index contributed by atoms with van der Waals surface area (Å²) in [6, 6.07) is 9.67. The van der Waals surface area contributed by atoms with E-state index in [1.165, 1.54) is 0 Å². The Bertz CT molecular complexity index is 413. The molecule has 1 rings (SSSR count). The third-order valence-electron chi connectivity index (χ3n) is 2.42. The molecule has 4 nitrogen and oxygen atoms in total. The first-order valence-electron chi connectivity index (χ1n) is 6.35. The summed E-state index contributed by atoms with van der Waals surface area (Å²) in [5.74, 6) is 0.725. The quantitative estimate of drug-likeness (QED) is 0.518. The normalized spacial score (nSPS) is 9.84. The molecule has 0 saturated carbocycles. The van der Waals surface area contributed by atoms with Crippen LogP contribution in [0.2, 0.25) is 0 Å². The molecule has 0 saturated heterocycles. The zero-order valence-electron chi connectivity index (χ0n) is 11.1. The predicted octanol–water partition coefficient (Wildman–Crippen LogP) is 2.27. The van der Waals surface area contributed by atoms with Gasteiger partial charge in [-0.3, -0.25) is 0 Å². The van der Waals surface area contributed by atoms with Crippen LogP contribution in [0.1, 0.15) is 12.0 Å². The molecule has 1 aromatic rings. The van der Waals surface area contributed by atoms with E-state index < -0.39 is 0 Å². The van der Waals surface area contributed by atoms with E-state index in [0.29, 0.717) is 6.61 Å². The molecule has 1 aromatic carbocycles. The van der Waals surface area contributed by atoms with Gasteiger partial charge in [-0.25, -0.2) is 0 Å². The van der Waals surface area contributed by atoms with Crippen LogP contribution in [0, 0.1) is 11.3 Å². The molecule has 0 radical (unpaired) electrons. The molecule has 1 N–H and O–H groups in total. The second-order valence-electron chi connectivity index (χ2n) is 3.96. The van der Waals surface area contributed by atoms with E-state index in [1.54, 1.807) is 0 Å². The van der Waals surface area contributed by atoms with Gasteiger partial charge in [0.1, 0.15) is 11.8 Å². The molecule has 0 aliphatic carbocycles.